The number of β-amino-alcohol motifs (C(OH)–C–C–N with tert-alkyl or cyclic N) is 1. The first-order valence-corrected chi connectivity index (χ1v) is 9.30. The van der Waals surface area contributed by atoms with Crippen LogP contribution in [0.2, 0.25) is 0 Å². The highest BCUT2D eigenvalue weighted by atomic mass is 16.5. The molecular weight excluding hydrogens is 362 g/mol. The van der Waals surface area contributed by atoms with Crippen LogP contribution in [-0.4, -0.2) is 64.1 Å². The van der Waals surface area contributed by atoms with Gasteiger partial charge in [0.15, 0.2) is 0 Å². The van der Waals surface area contributed by atoms with Crippen LogP contribution in [0.25, 0.3) is 0 Å². The van der Waals surface area contributed by atoms with E-state index in [0.29, 0.717) is 18.0 Å². The maximum Gasteiger partial charge on any atom is 0.261 e. The molecule has 2 aromatic rings. The molecule has 5 N–H and O–H groups in total. The number of fused-ring (bicyclic) bond motifs is 1. The number of nitrogens with zero attached hydrogens (tertiary/aromatic N) is 2. The number of likely N-dealkylation sites (tertiary alicyclic amines) is 1. The van der Waals surface area contributed by atoms with E-state index in [4.69, 9.17) is 20.3 Å². The van der Waals surface area contributed by atoms with Gasteiger partial charge in [0.05, 0.1) is 18.5 Å². The number of anilines is 2. The van der Waals surface area contributed by atoms with Crippen LogP contribution in [0.4, 0.5) is 11.5 Å². The molecule has 0 aliphatic carbocycles. The fraction of sp³-hybridized carbons (Fsp3) is 0.474. The zero-order valence-electron chi connectivity index (χ0n) is 16.0. The lowest BCUT2D eigenvalue weighted by Gasteiger charge is -2.38. The first-order chi connectivity index (χ1) is 13.3. The summed E-state index contributed by atoms with van der Waals surface area (Å²) in [6, 6.07) is 3.74. The van der Waals surface area contributed by atoms with E-state index in [1.54, 1.807) is 0 Å². The Morgan fingerprint density at radius 3 is 2.96 bits per heavy atom. The van der Waals surface area contributed by atoms with E-state index >= 15 is 0 Å². The number of nitrogen functional groups attached to an aromatic ring is 1. The van der Waals surface area contributed by atoms with E-state index in [-0.39, 0.29) is 35.6 Å². The minimum atomic E-state index is -0.357. The Bertz CT molecular complexity index is 888. The maximum atomic E-state index is 12.6. The van der Waals surface area contributed by atoms with E-state index in [1.807, 2.05) is 26.0 Å². The molecule has 9 heteroatoms. The summed E-state index contributed by atoms with van der Waals surface area (Å²) in [4.78, 5) is 14.7. The number of aromatic nitrogens is 2. The molecule has 2 aliphatic rings. The fourth-order valence-corrected chi connectivity index (χ4v) is 3.59. The van der Waals surface area contributed by atoms with E-state index < -0.39 is 0 Å². The number of hydrogen-bond donors (Lipinski definition) is 4. The quantitative estimate of drug-likeness (QED) is 0.583. The number of rotatable bonds is 6. The number of H-pyrrole nitrogens is 1. The van der Waals surface area contributed by atoms with Crippen LogP contribution in [-0.2, 0) is 6.42 Å². The highest BCUT2D eigenvalue weighted by Crippen LogP contribution is 2.42. The Balaban J connectivity index is 1.57. The molecular formula is C19H25N5O4. The highest BCUT2D eigenvalue weighted by molar-refractivity contribution is 6.07. The van der Waals surface area contributed by atoms with Crippen molar-refractivity contribution in [2.45, 2.75) is 32.0 Å². The van der Waals surface area contributed by atoms with Gasteiger partial charge in [0.2, 0.25) is 0 Å². The van der Waals surface area contributed by atoms with Crippen molar-refractivity contribution in [2.75, 3.05) is 37.3 Å². The van der Waals surface area contributed by atoms with Crippen LogP contribution in [0, 0.1) is 0 Å². The molecule has 1 aromatic heterocycles. The first-order valence-electron chi connectivity index (χ1n) is 9.30. The maximum absolute atomic E-state index is 12.6. The average Bonchev–Trinajstić information content (AvgIpc) is 3.14. The number of nitrogens with two attached hydrogens (primary N) is 1. The van der Waals surface area contributed by atoms with Gasteiger partial charge in [-0.3, -0.25) is 14.8 Å². The number of aliphatic hydroxyl groups is 1. The van der Waals surface area contributed by atoms with Crippen LogP contribution >= 0.6 is 0 Å². The third-order valence-electron chi connectivity index (χ3n) is 4.96. The number of hydrogen-bond acceptors (Lipinski definition) is 7. The monoisotopic (exact) mass is 387 g/mol. The molecule has 0 bridgehead atoms. The van der Waals surface area contributed by atoms with Crippen LogP contribution < -0.4 is 20.5 Å². The molecule has 0 atom stereocenters. The van der Waals surface area contributed by atoms with Gasteiger partial charge < -0.3 is 25.6 Å². The topological polar surface area (TPSA) is 126 Å². The molecule has 1 aromatic carbocycles. The summed E-state index contributed by atoms with van der Waals surface area (Å²) in [6.45, 7) is 6.26. The van der Waals surface area contributed by atoms with Gasteiger partial charge in [-0.2, -0.15) is 5.10 Å². The van der Waals surface area contributed by atoms with E-state index in [0.717, 1.165) is 30.8 Å². The SMILES string of the molecule is CC1(C)Cc2cc(NC(=O)c3cn[nH]c3N)c(OC3CN(CCO)C3)cc2O1. The number of nitrogens with one attached hydrogen (secondary N) is 2. The molecule has 0 radical (unpaired) electrons. The van der Waals surface area contributed by atoms with Gasteiger partial charge in [-0.25, -0.2) is 0 Å². The molecule has 1 amide bonds. The molecule has 3 heterocycles. The second kappa shape index (κ2) is 6.99. The van der Waals surface area contributed by atoms with Gasteiger partial charge in [-0.05, 0) is 19.9 Å². The van der Waals surface area contributed by atoms with Crippen molar-refractivity contribution in [3.63, 3.8) is 0 Å². The summed E-state index contributed by atoms with van der Waals surface area (Å²) < 4.78 is 12.1. The molecule has 2 aliphatic heterocycles. The van der Waals surface area contributed by atoms with Gasteiger partial charge in [-0.15, -0.1) is 0 Å². The minimum Gasteiger partial charge on any atom is -0.487 e. The Morgan fingerprint density at radius 1 is 1.50 bits per heavy atom. The molecule has 0 spiro atoms. The van der Waals surface area contributed by atoms with Crippen molar-refractivity contribution < 1.29 is 19.4 Å². The van der Waals surface area contributed by atoms with Crippen LogP contribution in [0.15, 0.2) is 18.3 Å². The smallest absolute Gasteiger partial charge is 0.261 e. The van der Waals surface area contributed by atoms with Gasteiger partial charge in [0, 0.05) is 37.7 Å². The lowest BCUT2D eigenvalue weighted by atomic mass is 10.0. The predicted octanol–water partition coefficient (Wildman–Crippen LogP) is 1.01. The van der Waals surface area contributed by atoms with Crippen LogP contribution in [0.1, 0.15) is 29.8 Å². The standard InChI is InChI=1S/C19H25N5O4/c1-19(2)7-11-5-14(22-18(26)13-8-21-23-17(13)20)16(6-15(11)28-19)27-12-9-24(10-12)3-4-25/h5-6,8,12,25H,3-4,7,9-10H2,1-2H3,(H,22,26)(H3,20,21,23). The fourth-order valence-electron chi connectivity index (χ4n) is 3.59. The van der Waals surface area contributed by atoms with Gasteiger partial charge in [0.25, 0.3) is 5.91 Å². The van der Waals surface area contributed by atoms with Crippen LogP contribution in [0.3, 0.4) is 0 Å². The van der Waals surface area contributed by atoms with Crippen molar-refractivity contribution in [1.29, 1.82) is 0 Å². The van der Waals surface area contributed by atoms with E-state index in [9.17, 15) is 4.79 Å². The van der Waals surface area contributed by atoms with Crippen molar-refractivity contribution in [3.8, 4) is 11.5 Å². The number of carbonyl (C=O) groups excluding carboxylic acids is 1. The molecule has 0 saturated carbocycles. The molecule has 4 rings (SSSR count). The first kappa shape index (κ1) is 18.6. The minimum absolute atomic E-state index is 0.00587. The Hall–Kier alpha value is -2.78. The van der Waals surface area contributed by atoms with Crippen molar-refractivity contribution >= 4 is 17.4 Å². The predicted molar refractivity (Wildman–Crippen MR) is 104 cm³/mol. The second-order valence-electron chi connectivity index (χ2n) is 7.87. The molecule has 28 heavy (non-hydrogen) atoms. The number of aromatic amines is 1. The summed E-state index contributed by atoms with van der Waals surface area (Å²) in [5.74, 6) is 1.18. The van der Waals surface area contributed by atoms with Crippen molar-refractivity contribution in [1.82, 2.24) is 15.1 Å². The third-order valence-corrected chi connectivity index (χ3v) is 4.96. The number of ether oxygens (including phenoxy) is 2. The lowest BCUT2D eigenvalue weighted by Crippen LogP contribution is -2.54. The van der Waals surface area contributed by atoms with E-state index in [2.05, 4.69) is 20.4 Å². The Labute approximate surface area is 162 Å². The molecule has 0 unspecified atom stereocenters. The van der Waals surface area contributed by atoms with Gasteiger partial charge >= 0.3 is 0 Å². The summed E-state index contributed by atoms with van der Waals surface area (Å²) in [5.41, 5.74) is 7.33. The Morgan fingerprint density at radius 2 is 2.29 bits per heavy atom. The van der Waals surface area contributed by atoms with Crippen molar-refractivity contribution in [2.24, 2.45) is 0 Å². The third kappa shape index (κ3) is 3.63. The number of aliphatic hydroxyl groups excluding tert-OH is 1. The summed E-state index contributed by atoms with van der Waals surface area (Å²) in [5, 5.41) is 18.3. The Kier molecular flexibility index (Phi) is 4.64. The van der Waals surface area contributed by atoms with Gasteiger partial charge in [0.1, 0.15) is 34.6 Å². The number of benzene rings is 1. The summed E-state index contributed by atoms with van der Waals surface area (Å²) in [7, 11) is 0. The molecule has 9 nitrogen and oxygen atoms in total. The zero-order chi connectivity index (χ0) is 19.9. The van der Waals surface area contributed by atoms with E-state index in [1.165, 1.54) is 6.20 Å². The molecule has 1 fully saturated rings. The summed E-state index contributed by atoms with van der Waals surface area (Å²) in [6.07, 6.45) is 2.13. The van der Waals surface area contributed by atoms with Crippen LogP contribution in [0.5, 0.6) is 11.5 Å². The van der Waals surface area contributed by atoms with Crippen molar-refractivity contribution in [3.05, 3.63) is 29.5 Å². The largest absolute Gasteiger partial charge is 0.487 e. The van der Waals surface area contributed by atoms with Gasteiger partial charge in [-0.1, -0.05) is 0 Å². The highest BCUT2D eigenvalue weighted by Gasteiger charge is 2.33. The normalized spacial score (nSPS) is 18.2. The number of carbonyl (C=O) groups is 1. The number of amides is 1. The average molecular weight is 387 g/mol. The summed E-state index contributed by atoms with van der Waals surface area (Å²) >= 11 is 0. The zero-order valence-corrected chi connectivity index (χ0v) is 16.0. The lowest BCUT2D eigenvalue weighted by molar-refractivity contribution is 0.0109. The second-order valence-corrected chi connectivity index (χ2v) is 7.87. The molecule has 150 valence electrons. The molecule has 1 saturated heterocycles.